The SMILES string of the molecule is N#Cc1cccc(Nc2nc(Nc3ccc(F)cc3)cc(-c3ccccc3)n2)c1. The van der Waals surface area contributed by atoms with Gasteiger partial charge in [-0.2, -0.15) is 10.2 Å². The number of hydrogen-bond acceptors (Lipinski definition) is 5. The molecule has 2 N–H and O–H groups in total. The lowest BCUT2D eigenvalue weighted by molar-refractivity contribution is 0.628. The van der Waals surface area contributed by atoms with Crippen LogP contribution in [-0.2, 0) is 0 Å². The molecular formula is C23H16FN5. The Labute approximate surface area is 167 Å². The molecule has 140 valence electrons. The number of hydrogen-bond donors (Lipinski definition) is 2. The van der Waals surface area contributed by atoms with Crippen LogP contribution in [-0.4, -0.2) is 9.97 Å². The smallest absolute Gasteiger partial charge is 0.229 e. The van der Waals surface area contributed by atoms with Crippen molar-refractivity contribution in [2.75, 3.05) is 10.6 Å². The van der Waals surface area contributed by atoms with E-state index in [0.29, 0.717) is 28.7 Å². The van der Waals surface area contributed by atoms with Gasteiger partial charge in [0.1, 0.15) is 11.6 Å². The Morgan fingerprint density at radius 2 is 1.55 bits per heavy atom. The zero-order chi connectivity index (χ0) is 20.1. The topological polar surface area (TPSA) is 73.6 Å². The molecule has 0 saturated heterocycles. The number of halogens is 1. The van der Waals surface area contributed by atoms with Gasteiger partial charge in [0.05, 0.1) is 17.3 Å². The predicted molar refractivity (Wildman–Crippen MR) is 112 cm³/mol. The molecule has 0 radical (unpaired) electrons. The maximum Gasteiger partial charge on any atom is 0.229 e. The minimum absolute atomic E-state index is 0.303. The highest BCUT2D eigenvalue weighted by Gasteiger charge is 2.08. The van der Waals surface area contributed by atoms with E-state index in [4.69, 9.17) is 5.26 Å². The largest absolute Gasteiger partial charge is 0.340 e. The second-order valence-corrected chi connectivity index (χ2v) is 6.28. The van der Waals surface area contributed by atoms with Crippen molar-refractivity contribution < 1.29 is 4.39 Å². The molecule has 4 rings (SSSR count). The molecule has 0 amide bonds. The number of benzene rings is 3. The molecule has 0 bridgehead atoms. The first-order chi connectivity index (χ1) is 14.2. The van der Waals surface area contributed by atoms with Crippen molar-refractivity contribution in [2.45, 2.75) is 0 Å². The first-order valence-electron chi connectivity index (χ1n) is 8.94. The number of rotatable bonds is 5. The highest BCUT2D eigenvalue weighted by molar-refractivity contribution is 5.69. The summed E-state index contributed by atoms with van der Waals surface area (Å²) >= 11 is 0. The molecule has 1 aromatic heterocycles. The van der Waals surface area contributed by atoms with Crippen LogP contribution in [0.3, 0.4) is 0 Å². The van der Waals surface area contributed by atoms with Crippen molar-refractivity contribution in [2.24, 2.45) is 0 Å². The normalized spacial score (nSPS) is 10.2. The Bertz CT molecular complexity index is 1170. The Kier molecular flexibility index (Phi) is 5.12. The standard InChI is InChI=1S/C23H16FN5/c24-18-9-11-19(12-10-18)26-22-14-21(17-6-2-1-3-7-17)28-23(29-22)27-20-8-4-5-16(13-20)15-25/h1-14H,(H2,26,27,28,29). The van der Waals surface area contributed by atoms with Gasteiger partial charge >= 0.3 is 0 Å². The Hall–Kier alpha value is -4.24. The molecule has 1 heterocycles. The van der Waals surface area contributed by atoms with Crippen molar-refractivity contribution in [3.05, 3.63) is 96.3 Å². The number of nitrogens with zero attached hydrogens (tertiary/aromatic N) is 3. The third-order valence-electron chi connectivity index (χ3n) is 4.16. The monoisotopic (exact) mass is 381 g/mol. The highest BCUT2D eigenvalue weighted by atomic mass is 19.1. The van der Waals surface area contributed by atoms with Crippen LogP contribution in [0.25, 0.3) is 11.3 Å². The number of aromatic nitrogens is 2. The fourth-order valence-electron chi connectivity index (χ4n) is 2.80. The van der Waals surface area contributed by atoms with Crippen molar-refractivity contribution in [1.82, 2.24) is 9.97 Å². The van der Waals surface area contributed by atoms with Gasteiger partial charge in [0.15, 0.2) is 0 Å². The van der Waals surface area contributed by atoms with Crippen LogP contribution in [0.1, 0.15) is 5.56 Å². The lowest BCUT2D eigenvalue weighted by Gasteiger charge is -2.12. The van der Waals surface area contributed by atoms with Gasteiger partial charge < -0.3 is 10.6 Å². The van der Waals surface area contributed by atoms with E-state index >= 15 is 0 Å². The van der Waals surface area contributed by atoms with E-state index in [1.54, 1.807) is 30.3 Å². The Morgan fingerprint density at radius 3 is 2.31 bits per heavy atom. The molecule has 3 aromatic carbocycles. The first-order valence-corrected chi connectivity index (χ1v) is 8.94. The van der Waals surface area contributed by atoms with E-state index in [2.05, 4.69) is 26.7 Å². The van der Waals surface area contributed by atoms with Gasteiger partial charge in [-0.1, -0.05) is 36.4 Å². The van der Waals surface area contributed by atoms with Crippen molar-refractivity contribution in [3.8, 4) is 17.3 Å². The summed E-state index contributed by atoms with van der Waals surface area (Å²) < 4.78 is 13.2. The Balaban J connectivity index is 1.71. The van der Waals surface area contributed by atoms with Crippen LogP contribution in [0.5, 0.6) is 0 Å². The van der Waals surface area contributed by atoms with Crippen LogP contribution in [0, 0.1) is 17.1 Å². The van der Waals surface area contributed by atoms with Gasteiger partial charge in [0, 0.05) is 23.0 Å². The molecule has 4 aromatic rings. The second kappa shape index (κ2) is 8.19. The summed E-state index contributed by atoms with van der Waals surface area (Å²) in [4.78, 5) is 9.12. The van der Waals surface area contributed by atoms with E-state index in [1.807, 2.05) is 42.5 Å². The van der Waals surface area contributed by atoms with Crippen molar-refractivity contribution in [3.63, 3.8) is 0 Å². The van der Waals surface area contributed by atoms with E-state index in [9.17, 15) is 4.39 Å². The first kappa shape index (κ1) is 18.1. The van der Waals surface area contributed by atoms with E-state index < -0.39 is 0 Å². The maximum absolute atomic E-state index is 13.2. The third kappa shape index (κ3) is 4.54. The zero-order valence-electron chi connectivity index (χ0n) is 15.3. The molecule has 0 aliphatic rings. The summed E-state index contributed by atoms with van der Waals surface area (Å²) in [6.07, 6.45) is 0. The average Bonchev–Trinajstić information content (AvgIpc) is 2.76. The predicted octanol–water partition coefficient (Wildman–Crippen LogP) is 5.64. The molecule has 6 heteroatoms. The van der Waals surface area contributed by atoms with Gasteiger partial charge in [-0.15, -0.1) is 0 Å². The minimum atomic E-state index is -0.303. The lowest BCUT2D eigenvalue weighted by atomic mass is 10.1. The maximum atomic E-state index is 13.2. The summed E-state index contributed by atoms with van der Waals surface area (Å²) in [5, 5.41) is 15.4. The molecular weight excluding hydrogens is 365 g/mol. The molecule has 0 aliphatic carbocycles. The molecule has 0 atom stereocenters. The molecule has 0 aliphatic heterocycles. The molecule has 0 unspecified atom stereocenters. The van der Waals surface area contributed by atoms with Crippen LogP contribution in [0.4, 0.5) is 27.5 Å². The molecule has 0 fully saturated rings. The minimum Gasteiger partial charge on any atom is -0.340 e. The number of nitrogens with one attached hydrogen (secondary N) is 2. The van der Waals surface area contributed by atoms with Crippen LogP contribution < -0.4 is 10.6 Å². The second-order valence-electron chi connectivity index (χ2n) is 6.28. The van der Waals surface area contributed by atoms with Crippen molar-refractivity contribution in [1.29, 1.82) is 5.26 Å². The lowest BCUT2D eigenvalue weighted by Crippen LogP contribution is -2.02. The Morgan fingerprint density at radius 1 is 0.759 bits per heavy atom. The molecule has 0 spiro atoms. The van der Waals surface area contributed by atoms with Gasteiger partial charge in [0.2, 0.25) is 5.95 Å². The van der Waals surface area contributed by atoms with Crippen molar-refractivity contribution >= 4 is 23.1 Å². The van der Waals surface area contributed by atoms with Crippen LogP contribution in [0.15, 0.2) is 84.9 Å². The van der Waals surface area contributed by atoms with E-state index in [0.717, 1.165) is 11.3 Å². The summed E-state index contributed by atoms with van der Waals surface area (Å²) in [6.45, 7) is 0. The molecule has 29 heavy (non-hydrogen) atoms. The average molecular weight is 381 g/mol. The number of anilines is 4. The fraction of sp³-hybridized carbons (Fsp3) is 0. The van der Waals surface area contributed by atoms with Gasteiger partial charge in [-0.3, -0.25) is 0 Å². The van der Waals surface area contributed by atoms with E-state index in [-0.39, 0.29) is 5.82 Å². The summed E-state index contributed by atoms with van der Waals surface area (Å²) in [6, 6.07) is 26.8. The van der Waals surface area contributed by atoms with Crippen LogP contribution in [0.2, 0.25) is 0 Å². The zero-order valence-corrected chi connectivity index (χ0v) is 15.3. The highest BCUT2D eigenvalue weighted by Crippen LogP contribution is 2.25. The van der Waals surface area contributed by atoms with Crippen LogP contribution >= 0.6 is 0 Å². The van der Waals surface area contributed by atoms with Gasteiger partial charge in [0.25, 0.3) is 0 Å². The summed E-state index contributed by atoms with van der Waals surface area (Å²) in [5.41, 5.74) is 3.62. The summed E-state index contributed by atoms with van der Waals surface area (Å²) in [5.74, 6) is 0.637. The quantitative estimate of drug-likeness (QED) is 0.468. The number of nitriles is 1. The van der Waals surface area contributed by atoms with Gasteiger partial charge in [-0.25, -0.2) is 9.37 Å². The van der Waals surface area contributed by atoms with E-state index in [1.165, 1.54) is 12.1 Å². The molecule has 0 saturated carbocycles. The van der Waals surface area contributed by atoms with Gasteiger partial charge in [-0.05, 0) is 42.5 Å². The summed E-state index contributed by atoms with van der Waals surface area (Å²) in [7, 11) is 0. The third-order valence-corrected chi connectivity index (χ3v) is 4.16. The fourth-order valence-corrected chi connectivity index (χ4v) is 2.80. The molecule has 5 nitrogen and oxygen atoms in total.